The minimum absolute atomic E-state index is 0. The molecule has 0 aliphatic carbocycles. The van der Waals surface area contributed by atoms with Gasteiger partial charge in [-0.15, -0.1) is 0 Å². The van der Waals surface area contributed by atoms with E-state index >= 15 is 0 Å². The van der Waals surface area contributed by atoms with Gasteiger partial charge in [-0.05, 0) is 74.2 Å². The Balaban J connectivity index is 0.00000157. The van der Waals surface area contributed by atoms with Crippen molar-refractivity contribution in [1.29, 1.82) is 0 Å². The van der Waals surface area contributed by atoms with Gasteiger partial charge >= 0.3 is 0 Å². The summed E-state index contributed by atoms with van der Waals surface area (Å²) in [6.07, 6.45) is 3.98. The summed E-state index contributed by atoms with van der Waals surface area (Å²) in [5.41, 5.74) is 8.94. The van der Waals surface area contributed by atoms with E-state index in [4.69, 9.17) is 9.97 Å². The van der Waals surface area contributed by atoms with Gasteiger partial charge in [-0.2, -0.15) is 0 Å². The van der Waals surface area contributed by atoms with Crippen molar-refractivity contribution in [2.45, 2.75) is 25.7 Å². The molecule has 25 heavy (non-hydrogen) atoms. The van der Waals surface area contributed by atoms with Gasteiger partial charge in [0, 0.05) is 61.9 Å². The molecular weight excluding hydrogens is 352 g/mol. The van der Waals surface area contributed by atoms with Crippen LogP contribution in [-0.2, 0) is 42.8 Å². The Morgan fingerprint density at radius 1 is 0.520 bits per heavy atom. The zero-order valence-electron chi connectivity index (χ0n) is 13.7. The molecule has 0 amide bonds. The summed E-state index contributed by atoms with van der Waals surface area (Å²) in [5.74, 6) is 0. The maximum atomic E-state index is 4.76. The van der Waals surface area contributed by atoms with E-state index in [1.54, 1.807) is 0 Å². The Morgan fingerprint density at radius 3 is 1.08 bits per heavy atom. The van der Waals surface area contributed by atoms with Crippen LogP contribution in [-0.4, -0.2) is 19.9 Å². The van der Waals surface area contributed by atoms with Crippen LogP contribution < -0.4 is 0 Å². The predicted molar refractivity (Wildman–Crippen MR) is 95.8 cm³/mol. The molecule has 8 bridgehead atoms. The molecule has 0 atom stereocenters. The second kappa shape index (κ2) is 6.51. The van der Waals surface area contributed by atoms with Gasteiger partial charge in [0.25, 0.3) is 0 Å². The number of H-pyrrole nitrogens is 2. The third kappa shape index (κ3) is 3.39. The molecule has 0 radical (unpaired) electrons. The molecule has 5 heterocycles. The van der Waals surface area contributed by atoms with Gasteiger partial charge in [0.05, 0.1) is 0 Å². The standard InChI is InChI=1S/C20H18N4.Fe/c1-2-14-10-16-5-6-18(23-16)12-20-8-7-19(24-20)11-17-4-3-15(22-17)9-13(1)21-14;/h1-2,7-12,21,24H,3-6H2;. The molecule has 0 unspecified atom stereocenters. The van der Waals surface area contributed by atoms with Gasteiger partial charge < -0.3 is 9.97 Å². The number of aromatic nitrogens is 4. The Bertz CT molecular complexity index is 913. The molecule has 2 aliphatic heterocycles. The third-order valence-electron chi connectivity index (χ3n) is 4.60. The second-order valence-corrected chi connectivity index (χ2v) is 6.50. The first kappa shape index (κ1) is 16.1. The smallest absolute Gasteiger partial charge is 0.0431 e. The minimum Gasteiger partial charge on any atom is -0.355 e. The largest absolute Gasteiger partial charge is 0.355 e. The monoisotopic (exact) mass is 370 g/mol. The van der Waals surface area contributed by atoms with E-state index in [1.165, 1.54) is 0 Å². The number of nitrogens with zero attached hydrogens (tertiary/aromatic N) is 2. The van der Waals surface area contributed by atoms with Gasteiger partial charge in [-0.1, -0.05) is 0 Å². The second-order valence-electron chi connectivity index (χ2n) is 6.50. The zero-order chi connectivity index (χ0) is 15.9. The molecule has 126 valence electrons. The fraction of sp³-hybridized carbons (Fsp3) is 0.200. The molecule has 3 aromatic heterocycles. The molecule has 0 aromatic carbocycles. The number of aryl methyl sites for hydroxylation is 4. The Morgan fingerprint density at radius 2 is 0.800 bits per heavy atom. The van der Waals surface area contributed by atoms with Gasteiger partial charge in [0.15, 0.2) is 0 Å². The number of rotatable bonds is 0. The van der Waals surface area contributed by atoms with Crippen LogP contribution in [0.2, 0.25) is 0 Å². The Labute approximate surface area is 156 Å². The summed E-state index contributed by atoms with van der Waals surface area (Å²) in [7, 11) is 0. The summed E-state index contributed by atoms with van der Waals surface area (Å²) < 4.78 is 0. The fourth-order valence-electron chi connectivity index (χ4n) is 3.44. The van der Waals surface area contributed by atoms with Crippen molar-refractivity contribution in [3.8, 4) is 0 Å². The SMILES string of the molecule is [Fe].c1cc2cc3nc(cc4ccc(cc5nc(cc1[nH]2)CC5)[nH]4)CC3. The van der Waals surface area contributed by atoms with Crippen molar-refractivity contribution in [2.24, 2.45) is 0 Å². The zero-order valence-corrected chi connectivity index (χ0v) is 14.8. The molecule has 0 saturated heterocycles. The summed E-state index contributed by atoms with van der Waals surface area (Å²) in [6.45, 7) is 0. The van der Waals surface area contributed by atoms with Crippen LogP contribution in [0.3, 0.4) is 0 Å². The topological polar surface area (TPSA) is 57.4 Å². The van der Waals surface area contributed by atoms with E-state index in [1.807, 2.05) is 0 Å². The van der Waals surface area contributed by atoms with Crippen molar-refractivity contribution in [2.75, 3.05) is 0 Å². The van der Waals surface area contributed by atoms with Crippen LogP contribution in [0.5, 0.6) is 0 Å². The quantitative estimate of drug-likeness (QED) is 0.590. The first-order chi connectivity index (χ1) is 11.8. The van der Waals surface area contributed by atoms with Crippen molar-refractivity contribution < 1.29 is 17.1 Å². The van der Waals surface area contributed by atoms with Crippen molar-refractivity contribution in [1.82, 2.24) is 19.9 Å². The molecule has 0 saturated carbocycles. The molecule has 2 N–H and O–H groups in total. The summed E-state index contributed by atoms with van der Waals surface area (Å²) in [5, 5.41) is 0. The van der Waals surface area contributed by atoms with Crippen LogP contribution in [0.1, 0.15) is 22.8 Å². The van der Waals surface area contributed by atoms with Gasteiger partial charge in [0.2, 0.25) is 0 Å². The first-order valence-electron chi connectivity index (χ1n) is 8.44. The van der Waals surface area contributed by atoms with E-state index in [9.17, 15) is 0 Å². The molecule has 0 spiro atoms. The molecule has 5 heteroatoms. The van der Waals surface area contributed by atoms with E-state index in [0.29, 0.717) is 0 Å². The van der Waals surface area contributed by atoms with Crippen LogP contribution in [0.15, 0.2) is 48.5 Å². The summed E-state index contributed by atoms with van der Waals surface area (Å²) >= 11 is 0. The predicted octanol–water partition coefficient (Wildman–Crippen LogP) is 3.88. The summed E-state index contributed by atoms with van der Waals surface area (Å²) in [6, 6.07) is 17.0. The van der Waals surface area contributed by atoms with Crippen molar-refractivity contribution in [3.05, 3.63) is 71.3 Å². The van der Waals surface area contributed by atoms with Crippen molar-refractivity contribution in [3.63, 3.8) is 0 Å². The minimum atomic E-state index is 0. The van der Waals surface area contributed by atoms with Gasteiger partial charge in [0.1, 0.15) is 0 Å². The van der Waals surface area contributed by atoms with Crippen LogP contribution in [0.4, 0.5) is 0 Å². The maximum Gasteiger partial charge on any atom is 0.0431 e. The third-order valence-corrected chi connectivity index (χ3v) is 4.60. The van der Waals surface area contributed by atoms with Crippen LogP contribution in [0, 0.1) is 0 Å². The fourth-order valence-corrected chi connectivity index (χ4v) is 3.44. The number of hydrogen-bond donors (Lipinski definition) is 2. The van der Waals surface area contributed by atoms with Crippen LogP contribution in [0.25, 0.3) is 22.1 Å². The number of fused-ring (bicyclic) bond motifs is 8. The number of hydrogen-bond acceptors (Lipinski definition) is 2. The summed E-state index contributed by atoms with van der Waals surface area (Å²) in [4.78, 5) is 16.4. The molecule has 0 fully saturated rings. The van der Waals surface area contributed by atoms with E-state index in [2.05, 4.69) is 58.5 Å². The number of nitrogens with one attached hydrogen (secondary N) is 2. The average molecular weight is 370 g/mol. The normalized spacial score (nSPS) is 13.4. The number of aromatic amines is 2. The molecular formula is C20H18FeN4. The van der Waals surface area contributed by atoms with E-state index < -0.39 is 0 Å². The Hall–Kier alpha value is -2.36. The molecule has 2 aliphatic rings. The van der Waals surface area contributed by atoms with E-state index in [-0.39, 0.29) is 17.1 Å². The molecule has 3 aromatic rings. The Kier molecular flexibility index (Phi) is 4.20. The molecule has 5 rings (SSSR count). The van der Waals surface area contributed by atoms with Crippen LogP contribution >= 0.6 is 0 Å². The maximum absolute atomic E-state index is 4.76. The van der Waals surface area contributed by atoms with Gasteiger partial charge in [-0.3, -0.25) is 9.97 Å². The first-order valence-corrected chi connectivity index (χ1v) is 8.44. The van der Waals surface area contributed by atoms with Crippen molar-refractivity contribution >= 4 is 22.1 Å². The molecule has 4 nitrogen and oxygen atoms in total. The average Bonchev–Trinajstić information content (AvgIpc) is 3.32. The van der Waals surface area contributed by atoms with E-state index in [0.717, 1.165) is 70.5 Å². The van der Waals surface area contributed by atoms with Gasteiger partial charge in [-0.25, -0.2) is 0 Å².